The van der Waals surface area contributed by atoms with Crippen LogP contribution in [0, 0.1) is 5.41 Å². The third-order valence-electron chi connectivity index (χ3n) is 4.71. The van der Waals surface area contributed by atoms with Crippen molar-refractivity contribution < 1.29 is 19.1 Å². The summed E-state index contributed by atoms with van der Waals surface area (Å²) in [4.78, 5) is 24.2. The van der Waals surface area contributed by atoms with Gasteiger partial charge < -0.3 is 14.3 Å². The van der Waals surface area contributed by atoms with E-state index in [4.69, 9.17) is 9.15 Å². The molecule has 0 saturated carbocycles. The lowest BCUT2D eigenvalue weighted by Gasteiger charge is -2.31. The van der Waals surface area contributed by atoms with Crippen LogP contribution in [-0.2, 0) is 4.79 Å². The van der Waals surface area contributed by atoms with Crippen LogP contribution in [0.1, 0.15) is 39.4 Å². The number of aliphatic hydroxyl groups is 1. The van der Waals surface area contributed by atoms with Crippen molar-refractivity contribution >= 4 is 16.8 Å². The number of ether oxygens (including phenoxy) is 1. The molecule has 1 aromatic carbocycles. The monoisotopic (exact) mass is 328 g/mol. The lowest BCUT2D eigenvalue weighted by atomic mass is 9.76. The number of rotatable bonds is 3. The molecule has 3 rings (SSSR count). The minimum Gasteiger partial charge on any atom is -0.486 e. The predicted octanol–water partition coefficient (Wildman–Crippen LogP) is 3.15. The van der Waals surface area contributed by atoms with E-state index in [1.165, 1.54) is 6.07 Å². The highest BCUT2D eigenvalue weighted by Gasteiger charge is 2.48. The van der Waals surface area contributed by atoms with Crippen LogP contribution in [0.5, 0.6) is 5.75 Å². The van der Waals surface area contributed by atoms with E-state index in [1.807, 2.05) is 0 Å². The molecular formula is C19H20O5. The average molecular weight is 328 g/mol. The van der Waals surface area contributed by atoms with Crippen LogP contribution < -0.4 is 10.4 Å². The number of Topliss-reactive ketones (excluding diaryl/α,β-unsaturated/α-hetero) is 1. The summed E-state index contributed by atoms with van der Waals surface area (Å²) in [6.45, 7) is 7.04. The summed E-state index contributed by atoms with van der Waals surface area (Å²) < 4.78 is 11.2. The molecule has 0 spiro atoms. The number of fused-ring (bicyclic) bond motifs is 3. The summed E-state index contributed by atoms with van der Waals surface area (Å²) in [5.74, 6) is 0.348. The first kappa shape index (κ1) is 16.5. The topological polar surface area (TPSA) is 76.7 Å². The van der Waals surface area contributed by atoms with E-state index >= 15 is 0 Å². The first-order valence-electron chi connectivity index (χ1n) is 7.86. The third kappa shape index (κ3) is 2.36. The smallest absolute Gasteiger partial charge is 0.336 e. The van der Waals surface area contributed by atoms with Gasteiger partial charge >= 0.3 is 5.63 Å². The maximum absolute atomic E-state index is 12.7. The Kier molecular flexibility index (Phi) is 3.84. The fraction of sp³-hybridized carbons (Fsp3) is 0.368. The van der Waals surface area contributed by atoms with Crippen molar-refractivity contribution in [2.24, 2.45) is 5.41 Å². The van der Waals surface area contributed by atoms with Crippen molar-refractivity contribution in [2.45, 2.75) is 39.9 Å². The van der Waals surface area contributed by atoms with Crippen molar-refractivity contribution in [2.75, 3.05) is 0 Å². The Labute approximate surface area is 139 Å². The summed E-state index contributed by atoms with van der Waals surface area (Å²) in [5, 5.41) is 11.5. The zero-order valence-electron chi connectivity index (χ0n) is 14.1. The van der Waals surface area contributed by atoms with Crippen molar-refractivity contribution in [3.8, 4) is 5.75 Å². The van der Waals surface area contributed by atoms with Gasteiger partial charge in [-0.1, -0.05) is 6.08 Å². The number of carbonyl (C=O) groups excluding carboxylic acids is 1. The summed E-state index contributed by atoms with van der Waals surface area (Å²) in [5.41, 5.74) is -0.0822. The van der Waals surface area contributed by atoms with Gasteiger partial charge in [0.1, 0.15) is 23.5 Å². The van der Waals surface area contributed by atoms with E-state index < -0.39 is 23.2 Å². The molecule has 0 saturated heterocycles. The number of hydrogen-bond acceptors (Lipinski definition) is 5. The number of aliphatic hydroxyl groups excluding tert-OH is 1. The lowest BCUT2D eigenvalue weighted by Crippen LogP contribution is -2.42. The van der Waals surface area contributed by atoms with Gasteiger partial charge in [-0.15, -0.1) is 0 Å². The number of benzene rings is 1. The minimum atomic E-state index is -1.06. The molecule has 1 aliphatic rings. The fourth-order valence-corrected chi connectivity index (χ4v) is 3.18. The molecule has 2 atom stereocenters. The average Bonchev–Trinajstić information content (AvgIpc) is 2.91. The maximum atomic E-state index is 12.7. The van der Waals surface area contributed by atoms with Gasteiger partial charge in [0.15, 0.2) is 5.78 Å². The molecule has 0 bridgehead atoms. The number of carbonyl (C=O) groups is 1. The molecule has 24 heavy (non-hydrogen) atoms. The molecule has 1 N–H and O–H groups in total. The number of allylic oxidation sites excluding steroid dienone is 2. The standard InChI is InChI=1S/C19H20O5/c1-5-10(2)17(22)19(3,4)18-15(21)14-12(23-18)8-6-11-7-9-13(20)24-16(11)14/h5-9,15,18,21H,1-4H3/b10-5-/t15-,18+/m1/s1. The minimum absolute atomic E-state index is 0.0902. The Morgan fingerprint density at radius 2 is 1.92 bits per heavy atom. The largest absolute Gasteiger partial charge is 0.486 e. The highest BCUT2D eigenvalue weighted by atomic mass is 16.5. The molecule has 0 fully saturated rings. The normalized spacial score (nSPS) is 20.8. The van der Waals surface area contributed by atoms with E-state index in [2.05, 4.69) is 0 Å². The van der Waals surface area contributed by atoms with Crippen LogP contribution in [0.4, 0.5) is 0 Å². The highest BCUT2D eigenvalue weighted by Crippen LogP contribution is 2.47. The van der Waals surface area contributed by atoms with Crippen molar-refractivity contribution in [1.82, 2.24) is 0 Å². The van der Waals surface area contributed by atoms with E-state index in [0.717, 1.165) is 0 Å². The molecular weight excluding hydrogens is 308 g/mol. The van der Waals surface area contributed by atoms with Crippen LogP contribution in [0.3, 0.4) is 0 Å². The van der Waals surface area contributed by atoms with Gasteiger partial charge in [0, 0.05) is 11.5 Å². The van der Waals surface area contributed by atoms with E-state index in [0.29, 0.717) is 27.9 Å². The second-order valence-electron chi connectivity index (χ2n) is 6.66. The molecule has 2 heterocycles. The SMILES string of the molecule is C/C=C(/C)C(=O)C(C)(C)[C@H]1Oc2ccc3ccc(=O)oc3c2[C@H]1O. The highest BCUT2D eigenvalue weighted by molar-refractivity contribution is 5.99. The van der Waals surface area contributed by atoms with Gasteiger partial charge in [0.25, 0.3) is 0 Å². The first-order valence-corrected chi connectivity index (χ1v) is 7.86. The molecule has 5 nitrogen and oxygen atoms in total. The first-order chi connectivity index (χ1) is 11.3. The summed E-state index contributed by atoms with van der Waals surface area (Å²) in [7, 11) is 0. The maximum Gasteiger partial charge on any atom is 0.336 e. The van der Waals surface area contributed by atoms with Crippen LogP contribution in [0.25, 0.3) is 11.0 Å². The van der Waals surface area contributed by atoms with Crippen LogP contribution in [0.2, 0.25) is 0 Å². The summed E-state index contributed by atoms with van der Waals surface area (Å²) >= 11 is 0. The second-order valence-corrected chi connectivity index (χ2v) is 6.66. The molecule has 0 unspecified atom stereocenters. The Bertz CT molecular complexity index is 904. The predicted molar refractivity (Wildman–Crippen MR) is 90.1 cm³/mol. The van der Waals surface area contributed by atoms with E-state index in [1.54, 1.807) is 52.0 Å². The van der Waals surface area contributed by atoms with Crippen molar-refractivity contribution in [1.29, 1.82) is 0 Å². The molecule has 126 valence electrons. The van der Waals surface area contributed by atoms with Gasteiger partial charge in [-0.05, 0) is 51.5 Å². The molecule has 0 amide bonds. The zero-order chi connectivity index (χ0) is 17.6. The van der Waals surface area contributed by atoms with Gasteiger partial charge in [-0.25, -0.2) is 4.79 Å². The third-order valence-corrected chi connectivity index (χ3v) is 4.71. The molecule has 1 aliphatic heterocycles. The van der Waals surface area contributed by atoms with Gasteiger partial charge in [0.05, 0.1) is 11.0 Å². The van der Waals surface area contributed by atoms with E-state index in [9.17, 15) is 14.7 Å². The fourth-order valence-electron chi connectivity index (χ4n) is 3.18. The second kappa shape index (κ2) is 5.60. The van der Waals surface area contributed by atoms with Crippen LogP contribution in [0.15, 0.2) is 45.1 Å². The lowest BCUT2D eigenvalue weighted by molar-refractivity contribution is -0.131. The summed E-state index contributed by atoms with van der Waals surface area (Å²) in [6, 6.07) is 6.46. The molecule has 2 aromatic rings. The number of ketones is 1. The Hall–Kier alpha value is -2.40. The Morgan fingerprint density at radius 3 is 2.58 bits per heavy atom. The zero-order valence-corrected chi connectivity index (χ0v) is 14.1. The van der Waals surface area contributed by atoms with Crippen LogP contribution >= 0.6 is 0 Å². The van der Waals surface area contributed by atoms with Gasteiger partial charge in [-0.3, -0.25) is 4.79 Å². The molecule has 5 heteroatoms. The van der Waals surface area contributed by atoms with Gasteiger partial charge in [0.2, 0.25) is 0 Å². The Morgan fingerprint density at radius 1 is 1.25 bits per heavy atom. The van der Waals surface area contributed by atoms with Gasteiger partial charge in [-0.2, -0.15) is 0 Å². The molecule has 0 radical (unpaired) electrons. The Balaban J connectivity index is 2.10. The quantitative estimate of drug-likeness (QED) is 0.692. The summed E-state index contributed by atoms with van der Waals surface area (Å²) in [6.07, 6.45) is -0.0728. The van der Waals surface area contributed by atoms with Crippen molar-refractivity contribution in [3.63, 3.8) is 0 Å². The van der Waals surface area contributed by atoms with Crippen molar-refractivity contribution in [3.05, 3.63) is 51.9 Å². The number of hydrogen-bond donors (Lipinski definition) is 1. The van der Waals surface area contributed by atoms with Crippen LogP contribution in [-0.4, -0.2) is 17.0 Å². The van der Waals surface area contributed by atoms with E-state index in [-0.39, 0.29) is 5.78 Å². The molecule has 0 aliphatic carbocycles. The molecule has 1 aromatic heterocycles.